The van der Waals surface area contributed by atoms with Gasteiger partial charge in [-0.25, -0.2) is 4.57 Å². The van der Waals surface area contributed by atoms with Gasteiger partial charge >= 0.3 is 7.82 Å². The highest BCUT2D eigenvalue weighted by atomic mass is 31.2. The average Bonchev–Trinajstić information content (AvgIpc) is 2.99. The second-order valence-corrected chi connectivity index (χ2v) is 16.1. The van der Waals surface area contributed by atoms with E-state index in [2.05, 4.69) is 12.2 Å². The lowest BCUT2D eigenvalue weighted by molar-refractivity contribution is -0.870. The van der Waals surface area contributed by atoms with Crippen molar-refractivity contribution in [2.24, 2.45) is 0 Å². The normalized spacial score (nSPS) is 14.7. The zero-order valence-electron chi connectivity index (χ0n) is 31.1. The zero-order chi connectivity index (χ0) is 34.4. The van der Waals surface area contributed by atoms with Crippen molar-refractivity contribution < 1.29 is 32.9 Å². The summed E-state index contributed by atoms with van der Waals surface area (Å²) >= 11 is 0. The second-order valence-electron chi connectivity index (χ2n) is 14.7. The molecule has 276 valence electrons. The number of phosphoric acid groups is 1. The van der Waals surface area contributed by atoms with Crippen molar-refractivity contribution in [2.45, 2.75) is 193 Å². The monoisotopic (exact) mass is 678 g/mol. The molecule has 0 radical (unpaired) electrons. The van der Waals surface area contributed by atoms with Gasteiger partial charge in [0.15, 0.2) is 0 Å². The van der Waals surface area contributed by atoms with Gasteiger partial charge in [0, 0.05) is 6.42 Å². The number of rotatable bonds is 35. The molecule has 0 fully saturated rings. The Hall–Kier alpha value is -0.500. The van der Waals surface area contributed by atoms with E-state index in [1.807, 2.05) is 28.1 Å². The van der Waals surface area contributed by atoms with Crippen molar-refractivity contribution in [2.75, 3.05) is 40.9 Å². The fraction of sp³-hybridized carbons (Fsp3) is 0.973. The summed E-state index contributed by atoms with van der Waals surface area (Å²) in [6, 6.07) is -0.748. The smallest absolute Gasteiger partial charge is 0.391 e. The van der Waals surface area contributed by atoms with Crippen LogP contribution in [0.3, 0.4) is 0 Å². The van der Waals surface area contributed by atoms with E-state index in [0.29, 0.717) is 23.9 Å². The molecule has 46 heavy (non-hydrogen) atoms. The quantitative estimate of drug-likeness (QED) is 0.0350. The van der Waals surface area contributed by atoms with E-state index in [4.69, 9.17) is 9.05 Å². The topological polar surface area (TPSA) is 105 Å². The van der Waals surface area contributed by atoms with E-state index >= 15 is 0 Å². The minimum atomic E-state index is -4.28. The summed E-state index contributed by atoms with van der Waals surface area (Å²) in [6.07, 6.45) is 31.0. The van der Waals surface area contributed by atoms with E-state index in [9.17, 15) is 19.4 Å². The largest absolute Gasteiger partial charge is 0.472 e. The van der Waals surface area contributed by atoms with Crippen LogP contribution in [0.4, 0.5) is 0 Å². The van der Waals surface area contributed by atoms with Gasteiger partial charge in [0.2, 0.25) is 5.91 Å². The van der Waals surface area contributed by atoms with Crippen molar-refractivity contribution in [1.82, 2.24) is 5.32 Å². The van der Waals surface area contributed by atoms with Crippen LogP contribution in [0.1, 0.15) is 181 Å². The van der Waals surface area contributed by atoms with Crippen LogP contribution in [-0.4, -0.2) is 73.4 Å². The number of hydrogen-bond donors (Lipinski definition) is 3. The molecular weight excluding hydrogens is 599 g/mol. The van der Waals surface area contributed by atoms with Gasteiger partial charge in [0.05, 0.1) is 39.9 Å². The van der Waals surface area contributed by atoms with Crippen LogP contribution in [0, 0.1) is 0 Å². The number of phosphoric ester groups is 1. The Labute approximate surface area is 285 Å². The minimum Gasteiger partial charge on any atom is -0.391 e. The molecule has 0 heterocycles. The fourth-order valence-electron chi connectivity index (χ4n) is 5.67. The Morgan fingerprint density at radius 2 is 1.04 bits per heavy atom. The molecule has 3 atom stereocenters. The number of aliphatic hydroxyl groups is 1. The van der Waals surface area contributed by atoms with Gasteiger partial charge in [-0.2, -0.15) is 0 Å². The van der Waals surface area contributed by atoms with Crippen LogP contribution >= 0.6 is 7.82 Å². The van der Waals surface area contributed by atoms with E-state index < -0.39 is 20.0 Å². The number of quaternary nitrogens is 1. The fourth-order valence-corrected chi connectivity index (χ4v) is 6.41. The molecule has 0 bridgehead atoms. The second kappa shape index (κ2) is 30.6. The Morgan fingerprint density at radius 1 is 0.652 bits per heavy atom. The number of nitrogens with zero attached hydrogens (tertiary/aromatic N) is 1. The molecule has 0 aliphatic carbocycles. The molecule has 0 aromatic rings. The number of aliphatic hydroxyl groups excluding tert-OH is 1. The predicted octanol–water partition coefficient (Wildman–Crippen LogP) is 9.85. The van der Waals surface area contributed by atoms with Gasteiger partial charge in [-0.15, -0.1) is 0 Å². The number of carbonyl (C=O) groups is 1. The summed E-state index contributed by atoms with van der Waals surface area (Å²) in [7, 11) is 1.62. The third kappa shape index (κ3) is 32.1. The third-order valence-electron chi connectivity index (χ3n) is 8.86. The van der Waals surface area contributed by atoms with Crippen molar-refractivity contribution in [3.8, 4) is 0 Å². The molecule has 8 nitrogen and oxygen atoms in total. The molecule has 0 aromatic carbocycles. The third-order valence-corrected chi connectivity index (χ3v) is 9.84. The maximum atomic E-state index is 12.4. The molecule has 1 amide bonds. The first-order valence-electron chi connectivity index (χ1n) is 19.4. The molecule has 0 aliphatic heterocycles. The Bertz CT molecular complexity index is 733. The van der Waals surface area contributed by atoms with E-state index in [1.165, 1.54) is 122 Å². The number of carbonyl (C=O) groups excluding carboxylic acids is 1. The number of nitrogens with one attached hydrogen (secondary N) is 1. The van der Waals surface area contributed by atoms with Crippen LogP contribution in [0.2, 0.25) is 0 Å². The van der Waals surface area contributed by atoms with Crippen molar-refractivity contribution >= 4 is 13.7 Å². The highest BCUT2D eigenvalue weighted by Gasteiger charge is 2.28. The lowest BCUT2D eigenvalue weighted by Crippen LogP contribution is -2.46. The maximum absolute atomic E-state index is 12.4. The van der Waals surface area contributed by atoms with Crippen molar-refractivity contribution in [3.63, 3.8) is 0 Å². The summed E-state index contributed by atoms with van der Waals surface area (Å²) in [6.45, 7) is 4.65. The molecular formula is C37H78N2O6P+. The van der Waals surface area contributed by atoms with Crippen LogP contribution in [-0.2, 0) is 18.4 Å². The number of likely N-dealkylation sites (N-methyl/N-ethyl adjacent to an activating group) is 1. The summed E-state index contributed by atoms with van der Waals surface area (Å²) in [5.41, 5.74) is 0. The molecule has 3 N–H and O–H groups in total. The van der Waals surface area contributed by atoms with Gasteiger partial charge in [0.25, 0.3) is 0 Å². The van der Waals surface area contributed by atoms with Gasteiger partial charge in [-0.1, -0.05) is 162 Å². The Morgan fingerprint density at radius 3 is 1.43 bits per heavy atom. The van der Waals surface area contributed by atoms with Gasteiger partial charge in [-0.05, 0) is 12.8 Å². The lowest BCUT2D eigenvalue weighted by atomic mass is 10.0. The van der Waals surface area contributed by atoms with E-state index in [0.717, 1.165) is 32.1 Å². The van der Waals surface area contributed by atoms with Gasteiger partial charge in [0.1, 0.15) is 13.2 Å². The molecule has 9 heteroatoms. The number of hydrogen-bond acceptors (Lipinski definition) is 5. The average molecular weight is 678 g/mol. The lowest BCUT2D eigenvalue weighted by Gasteiger charge is -2.26. The molecule has 3 unspecified atom stereocenters. The van der Waals surface area contributed by atoms with E-state index in [1.54, 1.807) is 0 Å². The van der Waals surface area contributed by atoms with Crippen molar-refractivity contribution in [1.29, 1.82) is 0 Å². The molecule has 0 aliphatic rings. The number of unbranched alkanes of at least 4 members (excludes halogenated alkanes) is 22. The Balaban J connectivity index is 3.92. The standard InChI is InChI=1S/C37H77N2O6P/c1-6-8-10-11-12-13-14-15-16-17-18-19-20-21-22-23-24-25-26-27-28-29-30-36(40)35(38-37(41)31-9-7-2)34-45-46(42,43)44-33-32-39(3,4)5/h35-36,40H,6-34H2,1-5H3,(H-,38,41,42,43)/p+1. The summed E-state index contributed by atoms with van der Waals surface area (Å²) < 4.78 is 23.2. The molecule has 0 saturated carbocycles. The molecule has 0 spiro atoms. The highest BCUT2D eigenvalue weighted by molar-refractivity contribution is 7.47. The first-order chi connectivity index (χ1) is 22.0. The summed E-state index contributed by atoms with van der Waals surface area (Å²) in [5, 5.41) is 13.6. The maximum Gasteiger partial charge on any atom is 0.472 e. The zero-order valence-corrected chi connectivity index (χ0v) is 32.0. The van der Waals surface area contributed by atoms with Crippen LogP contribution in [0.5, 0.6) is 0 Å². The molecule has 0 aromatic heterocycles. The molecule has 0 saturated heterocycles. The first-order valence-corrected chi connectivity index (χ1v) is 20.9. The highest BCUT2D eigenvalue weighted by Crippen LogP contribution is 2.43. The summed E-state index contributed by atoms with van der Waals surface area (Å²) in [5.74, 6) is -0.178. The van der Waals surface area contributed by atoms with Crippen LogP contribution in [0.25, 0.3) is 0 Å². The SMILES string of the molecule is CCCCCCCCCCCCCCCCCCCCCCCCC(O)C(COP(=O)(O)OCC[N+](C)(C)C)NC(=O)CCCC. The predicted molar refractivity (Wildman–Crippen MR) is 194 cm³/mol. The van der Waals surface area contributed by atoms with Crippen molar-refractivity contribution in [3.05, 3.63) is 0 Å². The molecule has 0 rings (SSSR count). The number of amides is 1. The Kier molecular flexibility index (Phi) is 30.2. The summed E-state index contributed by atoms with van der Waals surface area (Å²) in [4.78, 5) is 22.4. The van der Waals surface area contributed by atoms with Gasteiger partial charge < -0.3 is 19.8 Å². The minimum absolute atomic E-state index is 0.0762. The van der Waals surface area contributed by atoms with Crippen LogP contribution < -0.4 is 5.32 Å². The van der Waals surface area contributed by atoms with Crippen LogP contribution in [0.15, 0.2) is 0 Å². The van der Waals surface area contributed by atoms with E-state index in [-0.39, 0.29) is 19.1 Å². The first kappa shape index (κ1) is 45.5. The van der Waals surface area contributed by atoms with Gasteiger partial charge in [-0.3, -0.25) is 13.8 Å².